The van der Waals surface area contributed by atoms with Crippen LogP contribution in [0.2, 0.25) is 0 Å². The number of rotatable bonds is 4. The van der Waals surface area contributed by atoms with E-state index in [2.05, 4.69) is 26.2 Å². The molecule has 1 aromatic heterocycles. The summed E-state index contributed by atoms with van der Waals surface area (Å²) in [5.74, 6) is -0.146. The molecule has 5 heteroatoms. The molecule has 0 radical (unpaired) electrons. The first-order valence-electron chi connectivity index (χ1n) is 6.32. The summed E-state index contributed by atoms with van der Waals surface area (Å²) in [6.07, 6.45) is 2.44. The fourth-order valence-corrected chi connectivity index (χ4v) is 2.04. The summed E-state index contributed by atoms with van der Waals surface area (Å²) in [5, 5.41) is 2.83. The minimum atomic E-state index is -0.146. The number of amides is 1. The minimum Gasteiger partial charge on any atom is -0.330 e. The summed E-state index contributed by atoms with van der Waals surface area (Å²) in [7, 11) is 0. The summed E-state index contributed by atoms with van der Waals surface area (Å²) in [6.45, 7) is 2.53. The van der Waals surface area contributed by atoms with Crippen LogP contribution in [-0.4, -0.2) is 17.4 Å². The van der Waals surface area contributed by atoms with Gasteiger partial charge in [0.1, 0.15) is 4.60 Å². The molecule has 0 spiro atoms. The third kappa shape index (κ3) is 3.65. The molecule has 0 bridgehead atoms. The molecule has 3 N–H and O–H groups in total. The van der Waals surface area contributed by atoms with Gasteiger partial charge in [-0.3, -0.25) is 4.79 Å². The number of carbonyl (C=O) groups is 1. The Labute approximate surface area is 126 Å². The molecule has 4 nitrogen and oxygen atoms in total. The normalized spacial score (nSPS) is 10.3. The Hall–Kier alpha value is -1.72. The number of carbonyl (C=O) groups excluding carboxylic acids is 1. The molecule has 0 aliphatic heterocycles. The molecule has 0 saturated heterocycles. The molecular weight excluding hydrogens is 318 g/mol. The Morgan fingerprint density at radius 1 is 1.35 bits per heavy atom. The second-order valence-electron chi connectivity index (χ2n) is 4.52. The highest BCUT2D eigenvalue weighted by Gasteiger charge is 2.07. The van der Waals surface area contributed by atoms with E-state index in [0.29, 0.717) is 17.8 Å². The lowest BCUT2D eigenvalue weighted by atomic mass is 10.1. The smallest absolute Gasteiger partial charge is 0.255 e. The fourth-order valence-electron chi connectivity index (χ4n) is 1.82. The second-order valence-corrected chi connectivity index (χ2v) is 5.27. The van der Waals surface area contributed by atoms with E-state index < -0.39 is 0 Å². The second kappa shape index (κ2) is 6.63. The Balaban J connectivity index is 2.09. The van der Waals surface area contributed by atoms with Gasteiger partial charge in [-0.2, -0.15) is 0 Å². The molecule has 1 amide bonds. The van der Waals surface area contributed by atoms with Crippen molar-refractivity contribution in [1.82, 2.24) is 4.98 Å². The predicted molar refractivity (Wildman–Crippen MR) is 83.8 cm³/mol. The maximum absolute atomic E-state index is 12.1. The van der Waals surface area contributed by atoms with Gasteiger partial charge in [-0.25, -0.2) is 4.98 Å². The van der Waals surface area contributed by atoms with Gasteiger partial charge in [0.2, 0.25) is 0 Å². The average molecular weight is 334 g/mol. The number of hydrogen-bond acceptors (Lipinski definition) is 3. The number of anilines is 1. The molecule has 0 aliphatic carbocycles. The maximum atomic E-state index is 12.1. The summed E-state index contributed by atoms with van der Waals surface area (Å²) in [4.78, 5) is 16.3. The maximum Gasteiger partial charge on any atom is 0.255 e. The van der Waals surface area contributed by atoms with Crippen molar-refractivity contribution in [3.8, 4) is 0 Å². The molecule has 0 fully saturated rings. The van der Waals surface area contributed by atoms with Gasteiger partial charge in [0.05, 0.1) is 11.9 Å². The van der Waals surface area contributed by atoms with Gasteiger partial charge in [-0.1, -0.05) is 12.1 Å². The lowest BCUT2D eigenvalue weighted by Gasteiger charge is -2.07. The van der Waals surface area contributed by atoms with Crippen molar-refractivity contribution in [2.45, 2.75) is 13.3 Å². The number of aromatic nitrogens is 1. The van der Waals surface area contributed by atoms with E-state index in [1.165, 1.54) is 0 Å². The van der Waals surface area contributed by atoms with Gasteiger partial charge >= 0.3 is 0 Å². The Morgan fingerprint density at radius 2 is 2.05 bits per heavy atom. The summed E-state index contributed by atoms with van der Waals surface area (Å²) in [5.41, 5.74) is 8.90. The fraction of sp³-hybridized carbons (Fsp3) is 0.200. The van der Waals surface area contributed by atoms with Crippen molar-refractivity contribution in [3.63, 3.8) is 0 Å². The summed E-state index contributed by atoms with van der Waals surface area (Å²) < 4.78 is 0.779. The number of nitrogens with two attached hydrogens (primary N) is 1. The van der Waals surface area contributed by atoms with E-state index in [4.69, 9.17) is 5.73 Å². The number of benzene rings is 1. The van der Waals surface area contributed by atoms with Crippen molar-refractivity contribution in [3.05, 3.63) is 57.8 Å². The Morgan fingerprint density at radius 3 is 2.65 bits per heavy atom. The first-order chi connectivity index (χ1) is 9.60. The minimum absolute atomic E-state index is 0.146. The highest BCUT2D eigenvalue weighted by molar-refractivity contribution is 9.10. The quantitative estimate of drug-likeness (QED) is 0.845. The summed E-state index contributed by atoms with van der Waals surface area (Å²) >= 11 is 3.33. The van der Waals surface area contributed by atoms with Crippen molar-refractivity contribution in [2.75, 3.05) is 11.9 Å². The third-order valence-corrected chi connectivity index (χ3v) is 3.75. The Kier molecular flexibility index (Phi) is 4.87. The standard InChI is InChI=1S/C15H16BrN3O/c1-10-8-13(9-18-14(10)16)19-15(20)12-4-2-11(3-5-12)6-7-17/h2-5,8-9H,6-7,17H2,1H3,(H,19,20). The molecule has 0 unspecified atom stereocenters. The molecule has 104 valence electrons. The number of aryl methyl sites for hydroxylation is 1. The van der Waals surface area contributed by atoms with Gasteiger partial charge in [-0.05, 0) is 65.1 Å². The highest BCUT2D eigenvalue weighted by atomic mass is 79.9. The summed E-state index contributed by atoms with van der Waals surface area (Å²) in [6, 6.07) is 9.33. The Bertz CT molecular complexity index is 611. The predicted octanol–water partition coefficient (Wildman–Crippen LogP) is 2.91. The van der Waals surface area contributed by atoms with E-state index in [1.54, 1.807) is 18.3 Å². The molecule has 1 heterocycles. The third-order valence-electron chi connectivity index (χ3n) is 2.92. The monoisotopic (exact) mass is 333 g/mol. The number of hydrogen-bond donors (Lipinski definition) is 2. The molecule has 2 rings (SSSR count). The lowest BCUT2D eigenvalue weighted by Crippen LogP contribution is -2.12. The average Bonchev–Trinajstić information content (AvgIpc) is 2.44. The van der Waals surface area contributed by atoms with Crippen molar-refractivity contribution in [1.29, 1.82) is 0 Å². The molecule has 0 saturated carbocycles. The highest BCUT2D eigenvalue weighted by Crippen LogP contribution is 2.17. The molecule has 1 aromatic carbocycles. The zero-order chi connectivity index (χ0) is 14.5. The van der Waals surface area contributed by atoms with Crippen LogP contribution in [0.15, 0.2) is 41.1 Å². The number of halogens is 1. The van der Waals surface area contributed by atoms with Crippen molar-refractivity contribution < 1.29 is 4.79 Å². The lowest BCUT2D eigenvalue weighted by molar-refractivity contribution is 0.102. The number of nitrogens with one attached hydrogen (secondary N) is 1. The van der Waals surface area contributed by atoms with E-state index in [0.717, 1.165) is 22.2 Å². The molecule has 2 aromatic rings. The molecule has 0 atom stereocenters. The molecule has 20 heavy (non-hydrogen) atoms. The zero-order valence-electron chi connectivity index (χ0n) is 11.2. The SMILES string of the molecule is Cc1cc(NC(=O)c2ccc(CCN)cc2)cnc1Br. The van der Waals surface area contributed by atoms with Gasteiger partial charge in [0, 0.05) is 5.56 Å². The van der Waals surface area contributed by atoms with Crippen LogP contribution in [0.4, 0.5) is 5.69 Å². The van der Waals surface area contributed by atoms with Crippen molar-refractivity contribution in [2.24, 2.45) is 5.73 Å². The number of nitrogens with zero attached hydrogens (tertiary/aromatic N) is 1. The van der Waals surface area contributed by atoms with Crippen LogP contribution in [0, 0.1) is 6.92 Å². The van der Waals surface area contributed by atoms with Crippen LogP contribution >= 0.6 is 15.9 Å². The van der Waals surface area contributed by atoms with Gasteiger partial charge in [-0.15, -0.1) is 0 Å². The van der Waals surface area contributed by atoms with Crippen LogP contribution in [0.3, 0.4) is 0 Å². The topological polar surface area (TPSA) is 68.0 Å². The van der Waals surface area contributed by atoms with Gasteiger partial charge in [0.15, 0.2) is 0 Å². The zero-order valence-corrected chi connectivity index (χ0v) is 12.8. The van der Waals surface area contributed by atoms with Gasteiger partial charge < -0.3 is 11.1 Å². The van der Waals surface area contributed by atoms with E-state index in [9.17, 15) is 4.79 Å². The van der Waals surface area contributed by atoms with Crippen LogP contribution in [-0.2, 0) is 6.42 Å². The van der Waals surface area contributed by atoms with Crippen LogP contribution < -0.4 is 11.1 Å². The first kappa shape index (κ1) is 14.7. The van der Waals surface area contributed by atoms with Crippen LogP contribution in [0.25, 0.3) is 0 Å². The van der Waals surface area contributed by atoms with Crippen molar-refractivity contribution >= 4 is 27.5 Å². The van der Waals surface area contributed by atoms with Gasteiger partial charge in [0.25, 0.3) is 5.91 Å². The number of pyridine rings is 1. The first-order valence-corrected chi connectivity index (χ1v) is 7.12. The van der Waals surface area contributed by atoms with Crippen LogP contribution in [0.5, 0.6) is 0 Å². The largest absolute Gasteiger partial charge is 0.330 e. The van der Waals surface area contributed by atoms with Crippen LogP contribution in [0.1, 0.15) is 21.5 Å². The van der Waals surface area contributed by atoms with E-state index in [1.807, 2.05) is 25.1 Å². The van der Waals surface area contributed by atoms with E-state index in [-0.39, 0.29) is 5.91 Å². The van der Waals surface area contributed by atoms with E-state index >= 15 is 0 Å². The molecular formula is C15H16BrN3O. The molecule has 0 aliphatic rings.